The molecule has 1 aromatic heterocycles. The van der Waals surface area contributed by atoms with Crippen molar-refractivity contribution in [2.45, 2.75) is 59.1 Å². The third-order valence-corrected chi connectivity index (χ3v) is 6.58. The van der Waals surface area contributed by atoms with Gasteiger partial charge >= 0.3 is 6.03 Å². The van der Waals surface area contributed by atoms with Crippen LogP contribution >= 0.6 is 11.6 Å². The number of fused-ring (bicyclic) bond motifs is 1. The summed E-state index contributed by atoms with van der Waals surface area (Å²) in [7, 11) is 0. The van der Waals surface area contributed by atoms with Crippen molar-refractivity contribution >= 4 is 28.5 Å². The van der Waals surface area contributed by atoms with Gasteiger partial charge in [0.1, 0.15) is 0 Å². The van der Waals surface area contributed by atoms with Gasteiger partial charge in [0.2, 0.25) is 0 Å². The standard InChI is InChI=1S/C21H31ClN4O2/c1-5-13(2)24-20(28)26-8-6-15(7-9-26)21(3,4)19(27)17-11-16(22)10-14-12-23-25-18(14)17/h10-13,15,19,27H,5-9H2,1-4H3,(H,23,25)(H,24,28)/t13-,19+/m0/s1. The second kappa shape index (κ2) is 8.29. The molecule has 1 fully saturated rings. The van der Waals surface area contributed by atoms with Crippen molar-refractivity contribution in [1.82, 2.24) is 20.4 Å². The largest absolute Gasteiger partial charge is 0.388 e. The first kappa shape index (κ1) is 20.9. The maximum atomic E-state index is 12.4. The fourth-order valence-corrected chi connectivity index (χ4v) is 4.35. The Morgan fingerprint density at radius 1 is 1.43 bits per heavy atom. The van der Waals surface area contributed by atoms with Gasteiger partial charge in [-0.2, -0.15) is 5.10 Å². The molecule has 2 aromatic rings. The van der Waals surface area contributed by atoms with Crippen molar-refractivity contribution in [2.75, 3.05) is 13.1 Å². The number of amides is 2. The lowest BCUT2D eigenvalue weighted by molar-refractivity contribution is -0.0144. The van der Waals surface area contributed by atoms with Crippen molar-refractivity contribution < 1.29 is 9.90 Å². The molecule has 2 amide bonds. The van der Waals surface area contributed by atoms with Gasteiger partial charge in [-0.1, -0.05) is 32.4 Å². The van der Waals surface area contributed by atoms with E-state index in [1.54, 1.807) is 6.20 Å². The molecule has 0 radical (unpaired) electrons. The van der Waals surface area contributed by atoms with Gasteiger partial charge in [0.15, 0.2) is 0 Å². The Kier molecular flexibility index (Phi) is 6.20. The Balaban J connectivity index is 1.71. The van der Waals surface area contributed by atoms with Gasteiger partial charge < -0.3 is 15.3 Å². The van der Waals surface area contributed by atoms with E-state index >= 15 is 0 Å². The fourth-order valence-electron chi connectivity index (χ4n) is 4.12. The van der Waals surface area contributed by atoms with E-state index in [2.05, 4.69) is 36.3 Å². The van der Waals surface area contributed by atoms with E-state index in [0.29, 0.717) is 24.0 Å². The molecule has 3 rings (SSSR count). The van der Waals surface area contributed by atoms with E-state index in [1.807, 2.05) is 24.0 Å². The van der Waals surface area contributed by atoms with Crippen LogP contribution in [0.3, 0.4) is 0 Å². The average Bonchev–Trinajstić information content (AvgIpc) is 3.14. The summed E-state index contributed by atoms with van der Waals surface area (Å²) < 4.78 is 0. The first-order valence-corrected chi connectivity index (χ1v) is 10.5. The van der Waals surface area contributed by atoms with Gasteiger partial charge in [-0.3, -0.25) is 5.10 Å². The van der Waals surface area contributed by atoms with Crippen molar-refractivity contribution in [3.8, 4) is 0 Å². The van der Waals surface area contributed by atoms with E-state index < -0.39 is 6.10 Å². The highest BCUT2D eigenvalue weighted by molar-refractivity contribution is 6.31. The van der Waals surface area contributed by atoms with Crippen molar-refractivity contribution in [3.63, 3.8) is 0 Å². The molecule has 6 nitrogen and oxygen atoms in total. The van der Waals surface area contributed by atoms with Crippen LogP contribution in [0.2, 0.25) is 5.02 Å². The lowest BCUT2D eigenvalue weighted by Crippen LogP contribution is -2.49. The number of nitrogens with zero attached hydrogens (tertiary/aromatic N) is 2. The Hall–Kier alpha value is -1.79. The van der Waals surface area contributed by atoms with Crippen LogP contribution in [0.5, 0.6) is 0 Å². The van der Waals surface area contributed by atoms with E-state index in [0.717, 1.165) is 35.7 Å². The Bertz CT molecular complexity index is 827. The van der Waals surface area contributed by atoms with Gasteiger partial charge in [-0.15, -0.1) is 0 Å². The molecule has 3 N–H and O–H groups in total. The molecule has 2 atom stereocenters. The summed E-state index contributed by atoms with van der Waals surface area (Å²) in [6, 6.07) is 3.87. The lowest BCUT2D eigenvalue weighted by atomic mass is 9.68. The van der Waals surface area contributed by atoms with E-state index in [-0.39, 0.29) is 17.5 Å². The topological polar surface area (TPSA) is 81.2 Å². The zero-order chi connectivity index (χ0) is 20.5. The molecule has 0 aliphatic carbocycles. The number of carbonyl (C=O) groups is 1. The number of rotatable bonds is 5. The molecule has 1 aromatic carbocycles. The summed E-state index contributed by atoms with van der Waals surface area (Å²) >= 11 is 6.26. The Labute approximate surface area is 171 Å². The van der Waals surface area contributed by atoms with Crippen LogP contribution in [0, 0.1) is 11.3 Å². The van der Waals surface area contributed by atoms with Gasteiger partial charge in [0, 0.05) is 35.1 Å². The van der Waals surface area contributed by atoms with Gasteiger partial charge in [0.25, 0.3) is 0 Å². The average molecular weight is 407 g/mol. The van der Waals surface area contributed by atoms with Crippen LogP contribution in [0.15, 0.2) is 18.3 Å². The SMILES string of the molecule is CC[C@H](C)NC(=O)N1CCC(C(C)(C)[C@H](O)c2cc(Cl)cc3cn[nH]c23)CC1. The number of aliphatic hydroxyl groups is 1. The second-order valence-corrected chi connectivity index (χ2v) is 9.01. The van der Waals surface area contributed by atoms with Gasteiger partial charge in [0.05, 0.1) is 17.8 Å². The maximum Gasteiger partial charge on any atom is 0.317 e. The number of aromatic nitrogens is 2. The smallest absolute Gasteiger partial charge is 0.317 e. The van der Waals surface area contributed by atoms with Gasteiger partial charge in [-0.05, 0) is 49.7 Å². The minimum atomic E-state index is -0.681. The molecule has 28 heavy (non-hydrogen) atoms. The number of piperidine rings is 1. The predicted octanol–water partition coefficient (Wildman–Crippen LogP) is 4.50. The lowest BCUT2D eigenvalue weighted by Gasteiger charge is -2.43. The van der Waals surface area contributed by atoms with Crippen LogP contribution in [-0.2, 0) is 0 Å². The molecule has 0 unspecified atom stereocenters. The van der Waals surface area contributed by atoms with E-state index in [1.165, 1.54) is 0 Å². The Morgan fingerprint density at radius 2 is 2.11 bits per heavy atom. The summed E-state index contributed by atoms with van der Waals surface area (Å²) in [5, 5.41) is 22.9. The third-order valence-electron chi connectivity index (χ3n) is 6.36. The summed E-state index contributed by atoms with van der Waals surface area (Å²) in [5.41, 5.74) is 1.25. The molecular formula is C21H31ClN4O2. The number of aromatic amines is 1. The van der Waals surface area contributed by atoms with Gasteiger partial charge in [-0.25, -0.2) is 4.79 Å². The monoisotopic (exact) mass is 406 g/mol. The van der Waals surface area contributed by atoms with Crippen LogP contribution in [0.4, 0.5) is 4.79 Å². The highest BCUT2D eigenvalue weighted by Gasteiger charge is 2.40. The Morgan fingerprint density at radius 3 is 2.75 bits per heavy atom. The van der Waals surface area contributed by atoms with Crippen LogP contribution < -0.4 is 5.32 Å². The molecule has 1 aliphatic heterocycles. The molecule has 1 saturated heterocycles. The molecule has 0 saturated carbocycles. The number of hydrogen-bond acceptors (Lipinski definition) is 3. The van der Waals surface area contributed by atoms with E-state index in [9.17, 15) is 9.90 Å². The molecule has 0 spiro atoms. The quantitative estimate of drug-likeness (QED) is 0.683. The molecule has 7 heteroatoms. The molecule has 1 aliphatic rings. The number of hydrogen-bond donors (Lipinski definition) is 3. The molecular weight excluding hydrogens is 376 g/mol. The highest BCUT2D eigenvalue weighted by Crippen LogP contribution is 2.46. The summed E-state index contributed by atoms with van der Waals surface area (Å²) in [5.74, 6) is 0.298. The summed E-state index contributed by atoms with van der Waals surface area (Å²) in [4.78, 5) is 14.3. The number of carbonyl (C=O) groups excluding carboxylic acids is 1. The first-order valence-electron chi connectivity index (χ1n) is 10.1. The summed E-state index contributed by atoms with van der Waals surface area (Å²) in [6.07, 6.45) is 3.69. The van der Waals surface area contributed by atoms with Crippen molar-refractivity contribution in [1.29, 1.82) is 0 Å². The number of likely N-dealkylation sites (tertiary alicyclic amines) is 1. The number of H-pyrrole nitrogens is 1. The first-order chi connectivity index (χ1) is 13.2. The number of benzene rings is 1. The fraction of sp³-hybridized carbons (Fsp3) is 0.619. The number of nitrogens with one attached hydrogen (secondary N) is 2. The predicted molar refractivity (Wildman–Crippen MR) is 112 cm³/mol. The third kappa shape index (κ3) is 4.13. The van der Waals surface area contributed by atoms with Crippen LogP contribution in [0.1, 0.15) is 58.6 Å². The minimum absolute atomic E-state index is 0.0140. The molecule has 154 valence electrons. The molecule has 2 heterocycles. The molecule has 0 bridgehead atoms. The zero-order valence-corrected chi connectivity index (χ0v) is 17.9. The van der Waals surface area contributed by atoms with Crippen molar-refractivity contribution in [2.24, 2.45) is 11.3 Å². The summed E-state index contributed by atoms with van der Waals surface area (Å²) in [6.45, 7) is 9.69. The normalized spacial score (nSPS) is 18.3. The number of urea groups is 1. The zero-order valence-electron chi connectivity index (χ0n) is 17.1. The van der Waals surface area contributed by atoms with Crippen molar-refractivity contribution in [3.05, 3.63) is 28.9 Å². The maximum absolute atomic E-state index is 12.4. The van der Waals surface area contributed by atoms with E-state index in [4.69, 9.17) is 11.6 Å². The number of halogens is 1. The van der Waals surface area contributed by atoms with Crippen LogP contribution in [0.25, 0.3) is 10.9 Å². The minimum Gasteiger partial charge on any atom is -0.388 e. The number of aliphatic hydroxyl groups excluding tert-OH is 1. The highest BCUT2D eigenvalue weighted by atomic mass is 35.5. The van der Waals surface area contributed by atoms with Crippen LogP contribution in [-0.4, -0.2) is 45.4 Å². The second-order valence-electron chi connectivity index (χ2n) is 8.57.